The van der Waals surface area contributed by atoms with Crippen molar-refractivity contribution in [2.75, 3.05) is 0 Å². The van der Waals surface area contributed by atoms with E-state index in [-0.39, 0.29) is 40.4 Å². The second-order valence-corrected chi connectivity index (χ2v) is 5.86. The number of phenols is 2. The van der Waals surface area contributed by atoms with Crippen molar-refractivity contribution in [2.45, 2.75) is 39.8 Å². The Morgan fingerprint density at radius 3 is 1.28 bits per heavy atom. The van der Waals surface area contributed by atoms with Crippen molar-refractivity contribution in [1.82, 2.24) is 0 Å². The monoisotopic (exact) mass is 385 g/mol. The smallest absolute Gasteiger partial charge is 0.124 e. The van der Waals surface area contributed by atoms with Crippen LogP contribution in [0, 0.1) is 0 Å². The first kappa shape index (κ1) is 22.9. The Morgan fingerprint density at radius 2 is 1.00 bits per heavy atom. The zero-order chi connectivity index (χ0) is 17.9. The molecule has 0 unspecified atom stereocenters. The fourth-order valence-electron chi connectivity index (χ4n) is 1.65. The van der Waals surface area contributed by atoms with Crippen LogP contribution in [0.5, 0.6) is 11.5 Å². The molecule has 2 aromatic carbocycles. The number of benzene rings is 2. The fourth-order valence-corrected chi connectivity index (χ4v) is 1.65. The predicted octanol–water partition coefficient (Wildman–Crippen LogP) is 4.44. The van der Waals surface area contributed by atoms with Gasteiger partial charge in [0.1, 0.15) is 11.5 Å². The van der Waals surface area contributed by atoms with Crippen LogP contribution in [0.1, 0.15) is 38.8 Å². The van der Waals surface area contributed by atoms with Crippen LogP contribution in [0.3, 0.4) is 0 Å². The maximum absolute atomic E-state index is 9.33. The molecular formula is C20H26CoN2O2. The summed E-state index contributed by atoms with van der Waals surface area (Å²) < 4.78 is 0. The molecule has 2 N–H and O–H groups in total. The topological polar surface area (TPSA) is 65.2 Å². The van der Waals surface area contributed by atoms with Crippen LogP contribution >= 0.6 is 0 Å². The number of phenolic OH excluding ortho intramolecular Hbond substituents is 2. The summed E-state index contributed by atoms with van der Waals surface area (Å²) in [5, 5.41) is 18.7. The number of nitrogens with zero attached hydrogens (tertiary/aromatic N) is 2. The van der Waals surface area contributed by atoms with Gasteiger partial charge >= 0.3 is 0 Å². The average Bonchev–Trinajstić information content (AvgIpc) is 2.54. The van der Waals surface area contributed by atoms with Gasteiger partial charge in [-0.25, -0.2) is 0 Å². The number of aromatic hydroxyl groups is 2. The molecule has 0 saturated heterocycles. The van der Waals surface area contributed by atoms with Gasteiger partial charge in [-0.2, -0.15) is 0 Å². The predicted molar refractivity (Wildman–Crippen MR) is 102 cm³/mol. The third-order valence-electron chi connectivity index (χ3n) is 2.90. The van der Waals surface area contributed by atoms with E-state index in [1.54, 1.807) is 36.7 Å². The Hall–Kier alpha value is -2.11. The number of para-hydroxylation sites is 2. The van der Waals surface area contributed by atoms with Crippen molar-refractivity contribution in [3.63, 3.8) is 0 Å². The average molecular weight is 385 g/mol. The summed E-state index contributed by atoms with van der Waals surface area (Å²) in [5.74, 6) is 0.559. The van der Waals surface area contributed by atoms with Crippen LogP contribution in [0.4, 0.5) is 0 Å². The molecule has 2 rings (SSSR count). The summed E-state index contributed by atoms with van der Waals surface area (Å²) in [6.07, 6.45) is 3.39. The molecule has 0 spiro atoms. The zero-order valence-corrected chi connectivity index (χ0v) is 16.1. The normalized spacial score (nSPS) is 10.8. The van der Waals surface area contributed by atoms with Crippen molar-refractivity contribution >= 4 is 12.4 Å². The maximum Gasteiger partial charge on any atom is 0.124 e. The first-order valence-corrected chi connectivity index (χ1v) is 8.02. The minimum atomic E-state index is 0. The van der Waals surface area contributed by atoms with E-state index in [0.29, 0.717) is 0 Å². The van der Waals surface area contributed by atoms with Gasteiger partial charge in [0.25, 0.3) is 0 Å². The van der Waals surface area contributed by atoms with E-state index < -0.39 is 0 Å². The molecule has 0 heterocycles. The molecular weight excluding hydrogens is 359 g/mol. The Balaban J connectivity index is 0.000000443. The SMILES string of the molecule is CC(C)N=Cc1ccccc1O.CC(C)N=Cc1ccccc1O.[Co]. The largest absolute Gasteiger partial charge is 0.507 e. The van der Waals surface area contributed by atoms with E-state index in [9.17, 15) is 10.2 Å². The Morgan fingerprint density at radius 1 is 0.680 bits per heavy atom. The van der Waals surface area contributed by atoms with Crippen LogP contribution in [0.2, 0.25) is 0 Å². The summed E-state index contributed by atoms with van der Waals surface area (Å²) in [7, 11) is 0. The van der Waals surface area contributed by atoms with Gasteiger partial charge in [0.05, 0.1) is 0 Å². The van der Waals surface area contributed by atoms with Gasteiger partial charge < -0.3 is 10.2 Å². The molecule has 0 aromatic heterocycles. The number of aliphatic imine (C=N–C) groups is 2. The number of hydrogen-bond donors (Lipinski definition) is 2. The van der Waals surface area contributed by atoms with E-state index >= 15 is 0 Å². The van der Waals surface area contributed by atoms with Gasteiger partial charge in [0.2, 0.25) is 0 Å². The van der Waals surface area contributed by atoms with Crippen LogP contribution < -0.4 is 0 Å². The molecule has 5 heteroatoms. The molecule has 137 valence electrons. The second-order valence-electron chi connectivity index (χ2n) is 5.86. The maximum atomic E-state index is 9.33. The molecule has 0 aliphatic carbocycles. The van der Waals surface area contributed by atoms with Crippen LogP contribution in [0.15, 0.2) is 58.5 Å². The van der Waals surface area contributed by atoms with E-state index in [2.05, 4.69) is 9.98 Å². The standard InChI is InChI=1S/2C10H13NO.Co/c2*1-8(2)11-7-9-5-3-4-6-10(9)12;/h2*3-8,12H,1-2H3;. The van der Waals surface area contributed by atoms with Crippen molar-refractivity contribution in [1.29, 1.82) is 0 Å². The third kappa shape index (κ3) is 9.69. The van der Waals surface area contributed by atoms with E-state index in [0.717, 1.165) is 11.1 Å². The van der Waals surface area contributed by atoms with Crippen molar-refractivity contribution in [3.8, 4) is 11.5 Å². The Labute approximate surface area is 160 Å². The summed E-state index contributed by atoms with van der Waals surface area (Å²) in [4.78, 5) is 8.34. The molecule has 25 heavy (non-hydrogen) atoms. The molecule has 0 saturated carbocycles. The molecule has 0 amide bonds. The quantitative estimate of drug-likeness (QED) is 0.765. The van der Waals surface area contributed by atoms with Gasteiger partial charge in [0.15, 0.2) is 0 Å². The first-order valence-electron chi connectivity index (χ1n) is 8.02. The van der Waals surface area contributed by atoms with E-state index in [4.69, 9.17) is 0 Å². The second kappa shape index (κ2) is 12.3. The van der Waals surface area contributed by atoms with E-state index in [1.807, 2.05) is 52.0 Å². The van der Waals surface area contributed by atoms with Gasteiger partial charge in [-0.15, -0.1) is 0 Å². The third-order valence-corrected chi connectivity index (χ3v) is 2.90. The fraction of sp³-hybridized carbons (Fsp3) is 0.300. The molecule has 0 aliphatic rings. The summed E-state index contributed by atoms with van der Waals surface area (Å²) in [6.45, 7) is 7.99. The number of hydrogen-bond acceptors (Lipinski definition) is 4. The van der Waals surface area contributed by atoms with Gasteiger partial charge in [-0.1, -0.05) is 24.3 Å². The molecule has 0 fully saturated rings. The summed E-state index contributed by atoms with van der Waals surface area (Å²) in [5.41, 5.74) is 1.54. The van der Waals surface area contributed by atoms with E-state index in [1.165, 1.54) is 0 Å². The minimum Gasteiger partial charge on any atom is -0.507 e. The van der Waals surface area contributed by atoms with Gasteiger partial charge in [-0.3, -0.25) is 9.98 Å². The molecule has 4 nitrogen and oxygen atoms in total. The molecule has 0 aliphatic heterocycles. The molecule has 0 atom stereocenters. The molecule has 2 aromatic rings. The Kier molecular flexibility index (Phi) is 11.2. The van der Waals surface area contributed by atoms with Gasteiger partial charge in [0, 0.05) is 52.4 Å². The van der Waals surface area contributed by atoms with Crippen LogP contribution in [-0.2, 0) is 16.8 Å². The van der Waals surface area contributed by atoms with Crippen molar-refractivity contribution in [3.05, 3.63) is 59.7 Å². The minimum absolute atomic E-state index is 0. The summed E-state index contributed by atoms with van der Waals surface area (Å²) in [6, 6.07) is 14.9. The first-order chi connectivity index (χ1) is 11.4. The van der Waals surface area contributed by atoms with Crippen molar-refractivity contribution < 1.29 is 27.0 Å². The molecule has 0 bridgehead atoms. The van der Waals surface area contributed by atoms with Gasteiger partial charge in [-0.05, 0) is 52.0 Å². The zero-order valence-electron chi connectivity index (χ0n) is 15.1. The van der Waals surface area contributed by atoms with Crippen molar-refractivity contribution in [2.24, 2.45) is 9.98 Å². The number of rotatable bonds is 4. The molecule has 1 radical (unpaired) electrons. The van der Waals surface area contributed by atoms with Crippen LogP contribution in [0.25, 0.3) is 0 Å². The summed E-state index contributed by atoms with van der Waals surface area (Å²) >= 11 is 0. The van der Waals surface area contributed by atoms with Crippen LogP contribution in [-0.4, -0.2) is 34.7 Å². The Bertz CT molecular complexity index is 623.